The molecule has 0 saturated carbocycles. The molecule has 0 aromatic rings. The van der Waals surface area contributed by atoms with Crippen LogP contribution in [0.2, 0.25) is 0 Å². The van der Waals surface area contributed by atoms with Crippen LogP contribution in [0.1, 0.15) is 94.9 Å². The van der Waals surface area contributed by atoms with Crippen molar-refractivity contribution in [2.45, 2.75) is 125 Å². The molecule has 0 rings (SSSR count). The minimum atomic E-state index is -2.01. The molecule has 0 spiro atoms. The molecule has 0 aromatic carbocycles. The van der Waals surface area contributed by atoms with Gasteiger partial charge in [0.2, 0.25) is 0 Å². The predicted molar refractivity (Wildman–Crippen MR) is 134 cm³/mol. The van der Waals surface area contributed by atoms with Crippen molar-refractivity contribution in [3.8, 4) is 0 Å². The van der Waals surface area contributed by atoms with Crippen molar-refractivity contribution in [1.29, 1.82) is 0 Å². The van der Waals surface area contributed by atoms with Crippen LogP contribution in [0, 0.1) is 5.92 Å². The van der Waals surface area contributed by atoms with Crippen molar-refractivity contribution in [2.24, 2.45) is 5.92 Å². The number of unbranched alkanes of at least 4 members (excludes halogenated alkanes) is 1. The van der Waals surface area contributed by atoms with E-state index in [9.17, 15) is 0 Å². The lowest BCUT2D eigenvalue weighted by Crippen LogP contribution is -2.66. The zero-order valence-corrected chi connectivity index (χ0v) is 24.3. The molecule has 0 bridgehead atoms. The third-order valence-electron chi connectivity index (χ3n) is 4.90. The van der Waals surface area contributed by atoms with Gasteiger partial charge < -0.3 is 23.7 Å². The lowest BCUT2D eigenvalue weighted by Gasteiger charge is -2.49. The summed E-state index contributed by atoms with van der Waals surface area (Å²) in [4.78, 5) is 11.3. The van der Waals surface area contributed by atoms with Gasteiger partial charge in [0.05, 0.1) is 38.6 Å². The van der Waals surface area contributed by atoms with Crippen LogP contribution in [0.4, 0.5) is 0 Å². The Balaban J connectivity index is 6.61. The van der Waals surface area contributed by atoms with Gasteiger partial charge in [-0.1, -0.05) is 41.0 Å². The Morgan fingerprint density at radius 3 is 1.97 bits per heavy atom. The minimum Gasteiger partial charge on any atom is -0.381 e. The summed E-state index contributed by atoms with van der Waals surface area (Å²) < 4.78 is 43.2. The maximum Gasteiger partial charge on any atom is 0.440 e. The first-order valence-corrected chi connectivity index (χ1v) is 13.3. The molecule has 35 heavy (non-hydrogen) atoms. The SMILES string of the molecule is CCCCOOC(OCC(C)C)(OC(C)CC)OC(C)(COC)C(OCC)(OCCC)OC(C)C. The zero-order chi connectivity index (χ0) is 27.0. The smallest absolute Gasteiger partial charge is 0.381 e. The van der Waals surface area contributed by atoms with Gasteiger partial charge in [0.1, 0.15) is 0 Å². The van der Waals surface area contributed by atoms with Gasteiger partial charge in [0.15, 0.2) is 5.60 Å². The molecule has 4 atom stereocenters. The predicted octanol–water partition coefficient (Wildman–Crippen LogP) is 5.80. The van der Waals surface area contributed by atoms with E-state index in [0.29, 0.717) is 32.8 Å². The van der Waals surface area contributed by atoms with Crippen LogP contribution in [0.15, 0.2) is 0 Å². The quantitative estimate of drug-likeness (QED) is 0.0733. The Hall–Kier alpha value is -0.360. The van der Waals surface area contributed by atoms with Gasteiger partial charge in [-0.3, -0.25) is 9.47 Å². The van der Waals surface area contributed by atoms with Crippen molar-refractivity contribution in [3.63, 3.8) is 0 Å². The monoisotopic (exact) mass is 510 g/mol. The number of ether oxygens (including phenoxy) is 7. The molecule has 0 aliphatic rings. The second-order valence-corrected chi connectivity index (χ2v) is 9.57. The van der Waals surface area contributed by atoms with Crippen LogP contribution in [0.5, 0.6) is 0 Å². The van der Waals surface area contributed by atoms with Crippen molar-refractivity contribution in [1.82, 2.24) is 0 Å². The molecule has 212 valence electrons. The first-order valence-electron chi connectivity index (χ1n) is 13.3. The average Bonchev–Trinajstić information content (AvgIpc) is 2.78. The first-order chi connectivity index (χ1) is 16.5. The van der Waals surface area contributed by atoms with E-state index in [1.807, 2.05) is 55.4 Å². The Bertz CT molecular complexity index is 519. The van der Waals surface area contributed by atoms with E-state index in [-0.39, 0.29) is 24.7 Å². The highest BCUT2D eigenvalue weighted by molar-refractivity contribution is 4.89. The van der Waals surface area contributed by atoms with Crippen molar-refractivity contribution >= 4 is 0 Å². The molecule has 0 aliphatic heterocycles. The second kappa shape index (κ2) is 18.0. The van der Waals surface area contributed by atoms with Gasteiger partial charge in [-0.25, -0.2) is 4.89 Å². The van der Waals surface area contributed by atoms with Crippen LogP contribution < -0.4 is 0 Å². The number of hydrogen-bond donors (Lipinski definition) is 0. The van der Waals surface area contributed by atoms with Gasteiger partial charge in [-0.15, -0.1) is 4.89 Å². The molecule has 0 N–H and O–H groups in total. The Morgan fingerprint density at radius 2 is 1.49 bits per heavy atom. The minimum absolute atomic E-state index is 0.0262. The lowest BCUT2D eigenvalue weighted by molar-refractivity contribution is -0.624. The zero-order valence-electron chi connectivity index (χ0n) is 24.3. The summed E-state index contributed by atoms with van der Waals surface area (Å²) in [6.45, 7) is 20.8. The largest absolute Gasteiger partial charge is 0.440 e. The maximum absolute atomic E-state index is 6.59. The van der Waals surface area contributed by atoms with E-state index >= 15 is 0 Å². The van der Waals surface area contributed by atoms with Crippen molar-refractivity contribution in [3.05, 3.63) is 0 Å². The van der Waals surface area contributed by atoms with Crippen molar-refractivity contribution < 1.29 is 42.9 Å². The summed E-state index contributed by atoms with van der Waals surface area (Å²) in [6, 6.07) is 0. The Labute approximate surface area is 214 Å². The topological polar surface area (TPSA) is 83.1 Å². The Kier molecular flexibility index (Phi) is 17.8. The Morgan fingerprint density at radius 1 is 0.800 bits per heavy atom. The summed E-state index contributed by atoms with van der Waals surface area (Å²) in [5.41, 5.74) is -1.39. The number of methoxy groups -OCH3 is 1. The molecule has 0 saturated heterocycles. The summed E-state index contributed by atoms with van der Waals surface area (Å²) in [5, 5.41) is 0. The molecule has 0 aliphatic carbocycles. The first kappa shape index (κ1) is 34.6. The fourth-order valence-corrected chi connectivity index (χ4v) is 3.07. The molecule has 9 nitrogen and oxygen atoms in total. The molecule has 0 radical (unpaired) electrons. The van der Waals surface area contributed by atoms with Crippen molar-refractivity contribution in [2.75, 3.05) is 40.1 Å². The van der Waals surface area contributed by atoms with E-state index in [2.05, 4.69) is 6.92 Å². The van der Waals surface area contributed by atoms with Gasteiger partial charge >= 0.3 is 12.1 Å². The molecule has 0 aromatic heterocycles. The van der Waals surface area contributed by atoms with Gasteiger partial charge in [0.25, 0.3) is 0 Å². The second-order valence-electron chi connectivity index (χ2n) is 9.57. The maximum atomic E-state index is 6.59. The molecular formula is C26H54O9. The van der Waals surface area contributed by atoms with Crippen LogP contribution in [-0.2, 0) is 42.9 Å². The van der Waals surface area contributed by atoms with Gasteiger partial charge in [-0.2, -0.15) is 0 Å². The van der Waals surface area contributed by atoms with E-state index in [1.165, 1.54) is 0 Å². The van der Waals surface area contributed by atoms with Crippen LogP contribution in [0.25, 0.3) is 0 Å². The molecule has 4 unspecified atom stereocenters. The summed E-state index contributed by atoms with van der Waals surface area (Å²) in [6.07, 6.45) is 0.652. The molecule has 0 fully saturated rings. The highest BCUT2D eigenvalue weighted by Gasteiger charge is 2.60. The third-order valence-corrected chi connectivity index (χ3v) is 4.90. The van der Waals surface area contributed by atoms with E-state index in [4.69, 9.17) is 42.9 Å². The summed E-state index contributed by atoms with van der Waals surface area (Å²) >= 11 is 0. The molecule has 0 heterocycles. The van der Waals surface area contributed by atoms with Gasteiger partial charge in [0, 0.05) is 13.7 Å². The number of hydrogen-bond acceptors (Lipinski definition) is 9. The molecule has 0 amide bonds. The summed E-state index contributed by atoms with van der Waals surface area (Å²) in [7, 11) is 1.57. The van der Waals surface area contributed by atoms with E-state index in [1.54, 1.807) is 14.0 Å². The third kappa shape index (κ3) is 12.2. The highest BCUT2D eigenvalue weighted by atomic mass is 17.3. The van der Waals surface area contributed by atoms with Crippen LogP contribution in [-0.4, -0.2) is 70.1 Å². The molecular weight excluding hydrogens is 456 g/mol. The number of rotatable bonds is 23. The fourth-order valence-electron chi connectivity index (χ4n) is 3.07. The lowest BCUT2D eigenvalue weighted by atomic mass is 10.0. The fraction of sp³-hybridized carbons (Fsp3) is 1.00. The van der Waals surface area contributed by atoms with Crippen LogP contribution in [0.3, 0.4) is 0 Å². The van der Waals surface area contributed by atoms with Gasteiger partial charge in [-0.05, 0) is 59.8 Å². The average molecular weight is 511 g/mol. The standard InChI is InChI=1S/C26H54O9/c1-12-16-18-31-35-26(30-19-21(5)6,33-23(9)14-3)34-24(10,20-27-11)25(28-15-4,29-17-13-2)32-22(7)8/h21-23H,12-20H2,1-11H3. The van der Waals surface area contributed by atoms with Crippen LogP contribution >= 0.6 is 0 Å². The van der Waals surface area contributed by atoms with E-state index in [0.717, 1.165) is 19.3 Å². The normalized spacial score (nSPS) is 18.4. The summed E-state index contributed by atoms with van der Waals surface area (Å²) in [5.74, 6) is -1.47. The molecule has 9 heteroatoms. The van der Waals surface area contributed by atoms with E-state index < -0.39 is 17.7 Å². The highest BCUT2D eigenvalue weighted by Crippen LogP contribution is 2.40.